The number of hydrogen-bond donors (Lipinski definition) is 2. The molecule has 2 N–H and O–H groups in total. The molecule has 2 rings (SSSR count). The fraction of sp³-hybridized carbons (Fsp3) is 0.632. The van der Waals surface area contributed by atoms with E-state index in [0.29, 0.717) is 13.0 Å². The van der Waals surface area contributed by atoms with Gasteiger partial charge in [-0.15, -0.1) is 24.0 Å². The molecular formula is C19H30F3IN4O. The number of ether oxygens (including phenoxy) is 1. The molecule has 1 aromatic carbocycles. The minimum atomic E-state index is -4.29. The first-order valence-corrected chi connectivity index (χ1v) is 9.47. The van der Waals surface area contributed by atoms with E-state index < -0.39 is 11.7 Å². The second kappa shape index (κ2) is 13.2. The lowest BCUT2D eigenvalue weighted by molar-refractivity contribution is -0.137. The summed E-state index contributed by atoms with van der Waals surface area (Å²) in [5.41, 5.74) is 0.244. The third-order valence-corrected chi connectivity index (χ3v) is 4.34. The highest BCUT2D eigenvalue weighted by atomic mass is 127. The van der Waals surface area contributed by atoms with Crippen LogP contribution >= 0.6 is 24.0 Å². The molecule has 0 radical (unpaired) electrons. The van der Waals surface area contributed by atoms with Gasteiger partial charge in [0, 0.05) is 39.3 Å². The van der Waals surface area contributed by atoms with Crippen molar-refractivity contribution in [1.29, 1.82) is 0 Å². The first kappa shape index (κ1) is 25.0. The van der Waals surface area contributed by atoms with Crippen molar-refractivity contribution in [3.05, 3.63) is 35.4 Å². The molecule has 0 aliphatic carbocycles. The molecule has 0 spiro atoms. The van der Waals surface area contributed by atoms with Crippen LogP contribution in [0.25, 0.3) is 0 Å². The lowest BCUT2D eigenvalue weighted by Crippen LogP contribution is -2.39. The van der Waals surface area contributed by atoms with Crippen LogP contribution in [0.4, 0.5) is 13.2 Å². The van der Waals surface area contributed by atoms with Gasteiger partial charge in [-0.25, -0.2) is 0 Å². The van der Waals surface area contributed by atoms with Gasteiger partial charge in [-0.2, -0.15) is 13.2 Å². The molecule has 1 aliphatic rings. The summed E-state index contributed by atoms with van der Waals surface area (Å²) in [5, 5.41) is 6.43. The predicted molar refractivity (Wildman–Crippen MR) is 116 cm³/mol. The molecule has 1 aliphatic heterocycles. The van der Waals surface area contributed by atoms with Crippen LogP contribution in [0.1, 0.15) is 24.5 Å². The van der Waals surface area contributed by atoms with Crippen LogP contribution in [0.15, 0.2) is 29.3 Å². The zero-order chi connectivity index (χ0) is 19.5. The van der Waals surface area contributed by atoms with Gasteiger partial charge in [-0.1, -0.05) is 12.1 Å². The molecule has 0 atom stereocenters. The summed E-state index contributed by atoms with van der Waals surface area (Å²) >= 11 is 0. The predicted octanol–water partition coefficient (Wildman–Crippen LogP) is 3.14. The number of aliphatic imine (C=N–C) groups is 1. The first-order chi connectivity index (χ1) is 13.0. The van der Waals surface area contributed by atoms with Crippen LogP contribution < -0.4 is 10.6 Å². The van der Waals surface area contributed by atoms with E-state index in [0.717, 1.165) is 76.0 Å². The molecule has 0 bridgehead atoms. The summed E-state index contributed by atoms with van der Waals surface area (Å²) < 4.78 is 43.1. The number of halogens is 4. The van der Waals surface area contributed by atoms with Gasteiger partial charge in [0.15, 0.2) is 5.96 Å². The van der Waals surface area contributed by atoms with Gasteiger partial charge in [-0.05, 0) is 37.5 Å². The van der Waals surface area contributed by atoms with Gasteiger partial charge in [0.25, 0.3) is 0 Å². The summed E-state index contributed by atoms with van der Waals surface area (Å²) in [5.74, 6) is 0.742. The molecule has 1 aromatic rings. The fourth-order valence-corrected chi connectivity index (χ4v) is 2.84. The van der Waals surface area contributed by atoms with Gasteiger partial charge in [0.05, 0.1) is 18.8 Å². The normalized spacial score (nSPS) is 15.8. The second-order valence-corrected chi connectivity index (χ2v) is 6.44. The van der Waals surface area contributed by atoms with E-state index in [9.17, 15) is 13.2 Å². The first-order valence-electron chi connectivity index (χ1n) is 9.47. The maximum atomic E-state index is 12.6. The van der Waals surface area contributed by atoms with Crippen molar-refractivity contribution in [1.82, 2.24) is 15.5 Å². The highest BCUT2D eigenvalue weighted by Crippen LogP contribution is 2.29. The molecule has 9 heteroatoms. The fourth-order valence-electron chi connectivity index (χ4n) is 2.84. The number of benzene rings is 1. The molecule has 1 fully saturated rings. The Hall–Kier alpha value is -1.07. The Kier molecular flexibility index (Phi) is 11.8. The van der Waals surface area contributed by atoms with Crippen molar-refractivity contribution in [2.45, 2.75) is 25.9 Å². The van der Waals surface area contributed by atoms with Crippen LogP contribution in [-0.2, 0) is 17.3 Å². The van der Waals surface area contributed by atoms with E-state index in [1.54, 1.807) is 0 Å². The molecule has 1 heterocycles. The number of morpholine rings is 1. The van der Waals surface area contributed by atoms with Gasteiger partial charge >= 0.3 is 6.18 Å². The number of nitrogens with zero attached hydrogens (tertiary/aromatic N) is 2. The molecule has 28 heavy (non-hydrogen) atoms. The van der Waals surface area contributed by atoms with Crippen molar-refractivity contribution in [2.24, 2.45) is 4.99 Å². The van der Waals surface area contributed by atoms with Crippen LogP contribution in [0.3, 0.4) is 0 Å². The average molecular weight is 514 g/mol. The van der Waals surface area contributed by atoms with E-state index in [2.05, 4.69) is 20.5 Å². The highest BCUT2D eigenvalue weighted by Gasteiger charge is 2.29. The zero-order valence-electron chi connectivity index (χ0n) is 16.2. The van der Waals surface area contributed by atoms with E-state index in [1.165, 1.54) is 12.1 Å². The van der Waals surface area contributed by atoms with Gasteiger partial charge < -0.3 is 15.4 Å². The van der Waals surface area contributed by atoms with Gasteiger partial charge in [0.2, 0.25) is 0 Å². The molecule has 0 aromatic heterocycles. The summed E-state index contributed by atoms with van der Waals surface area (Å²) in [7, 11) is 0. The quantitative estimate of drug-likeness (QED) is 0.242. The maximum Gasteiger partial charge on any atom is 0.416 e. The van der Waals surface area contributed by atoms with E-state index in [4.69, 9.17) is 4.74 Å². The molecule has 0 saturated carbocycles. The Morgan fingerprint density at radius 3 is 2.43 bits per heavy atom. The maximum absolute atomic E-state index is 12.6. The van der Waals surface area contributed by atoms with E-state index in [1.807, 2.05) is 6.92 Å². The third kappa shape index (κ3) is 9.42. The lowest BCUT2D eigenvalue weighted by atomic mass is 10.1. The van der Waals surface area contributed by atoms with E-state index in [-0.39, 0.29) is 24.0 Å². The lowest BCUT2D eigenvalue weighted by Gasteiger charge is -2.26. The molecule has 1 saturated heterocycles. The van der Waals surface area contributed by atoms with Gasteiger partial charge in [-0.3, -0.25) is 9.89 Å². The zero-order valence-corrected chi connectivity index (χ0v) is 18.6. The Morgan fingerprint density at radius 2 is 1.82 bits per heavy atom. The molecule has 0 amide bonds. The number of hydrogen-bond acceptors (Lipinski definition) is 3. The smallest absolute Gasteiger partial charge is 0.379 e. The Balaban J connectivity index is 0.00000392. The van der Waals surface area contributed by atoms with Crippen LogP contribution in [-0.4, -0.2) is 63.3 Å². The number of guanidine groups is 1. The number of nitrogens with one attached hydrogen (secondary N) is 2. The molecule has 5 nitrogen and oxygen atoms in total. The Labute approximate surface area is 182 Å². The minimum Gasteiger partial charge on any atom is -0.379 e. The number of rotatable bonds is 8. The largest absolute Gasteiger partial charge is 0.416 e. The van der Waals surface area contributed by atoms with Crippen LogP contribution in [0.2, 0.25) is 0 Å². The minimum absolute atomic E-state index is 0. The van der Waals surface area contributed by atoms with Crippen molar-refractivity contribution in [2.75, 3.05) is 52.5 Å². The summed E-state index contributed by atoms with van der Waals surface area (Å²) in [6.07, 6.45) is -2.67. The summed E-state index contributed by atoms with van der Waals surface area (Å²) in [6, 6.07) is 5.30. The van der Waals surface area contributed by atoms with Crippen LogP contribution in [0.5, 0.6) is 0 Å². The molecule has 0 unspecified atom stereocenters. The number of alkyl halides is 3. The second-order valence-electron chi connectivity index (χ2n) is 6.44. The SMILES string of the molecule is CCNC(=NCCCN1CCOCC1)NCCc1ccc(C(F)(F)F)cc1.I. The Bertz CT molecular complexity index is 576. The summed E-state index contributed by atoms with van der Waals surface area (Å²) in [6.45, 7) is 8.68. The standard InChI is InChI=1S/C19H29F3N4O.HI/c1-2-23-18(24-9-3-11-26-12-14-27-15-13-26)25-10-8-16-4-6-17(7-5-16)19(20,21)22;/h4-7H,2-3,8-15H2,1H3,(H2,23,24,25);1H. The monoisotopic (exact) mass is 514 g/mol. The average Bonchev–Trinajstić information content (AvgIpc) is 2.66. The van der Waals surface area contributed by atoms with E-state index >= 15 is 0 Å². The topological polar surface area (TPSA) is 48.9 Å². The third-order valence-electron chi connectivity index (χ3n) is 4.34. The van der Waals surface area contributed by atoms with Crippen molar-refractivity contribution >= 4 is 29.9 Å². The molecule has 160 valence electrons. The Morgan fingerprint density at radius 1 is 1.14 bits per heavy atom. The van der Waals surface area contributed by atoms with Gasteiger partial charge in [0.1, 0.15) is 0 Å². The van der Waals surface area contributed by atoms with Crippen molar-refractivity contribution < 1.29 is 17.9 Å². The van der Waals surface area contributed by atoms with Crippen molar-refractivity contribution in [3.8, 4) is 0 Å². The van der Waals surface area contributed by atoms with Crippen LogP contribution in [0, 0.1) is 0 Å². The van der Waals surface area contributed by atoms with Crippen molar-refractivity contribution in [3.63, 3.8) is 0 Å². The highest BCUT2D eigenvalue weighted by molar-refractivity contribution is 14.0. The summed E-state index contributed by atoms with van der Waals surface area (Å²) in [4.78, 5) is 6.94. The molecular weight excluding hydrogens is 484 g/mol.